The standard InChI is InChI=1S/C23H20ClNO6S2/c1-31-20(26)12-14-3-2-4-16(11-14)18-13-23(18,22(27)28)25-33(29,30)21-10-9-19(32-21)15-5-7-17(24)8-6-15/h2-11,18,25H,12-13H2,1H3,(H,27,28). The number of sulfonamides is 1. The third-order valence-electron chi connectivity index (χ3n) is 5.56. The highest BCUT2D eigenvalue weighted by atomic mass is 35.5. The van der Waals surface area contributed by atoms with Crippen LogP contribution in [0, 0.1) is 0 Å². The molecule has 33 heavy (non-hydrogen) atoms. The number of benzene rings is 2. The number of methoxy groups -OCH3 is 1. The van der Waals surface area contributed by atoms with Gasteiger partial charge < -0.3 is 9.84 Å². The van der Waals surface area contributed by atoms with Crippen LogP contribution >= 0.6 is 22.9 Å². The number of hydrogen-bond acceptors (Lipinski definition) is 6. The van der Waals surface area contributed by atoms with Gasteiger partial charge >= 0.3 is 11.9 Å². The predicted molar refractivity (Wildman–Crippen MR) is 125 cm³/mol. The molecule has 2 unspecified atom stereocenters. The second kappa shape index (κ2) is 8.90. The van der Waals surface area contributed by atoms with Crippen LogP contribution in [-0.2, 0) is 30.8 Å². The summed E-state index contributed by atoms with van der Waals surface area (Å²) in [4.78, 5) is 24.4. The lowest BCUT2D eigenvalue weighted by molar-refractivity contribution is -0.141. The molecule has 2 aromatic carbocycles. The fourth-order valence-electron chi connectivity index (χ4n) is 3.74. The van der Waals surface area contributed by atoms with Crippen molar-refractivity contribution in [2.45, 2.75) is 28.5 Å². The van der Waals surface area contributed by atoms with Gasteiger partial charge in [-0.15, -0.1) is 11.3 Å². The highest BCUT2D eigenvalue weighted by Gasteiger charge is 2.63. The molecular formula is C23H20ClNO6S2. The largest absolute Gasteiger partial charge is 0.480 e. The van der Waals surface area contributed by atoms with Gasteiger partial charge in [0, 0.05) is 15.8 Å². The molecule has 1 heterocycles. The number of esters is 1. The number of carboxylic acid groups (broad SMARTS) is 1. The zero-order valence-corrected chi connectivity index (χ0v) is 19.8. The Morgan fingerprint density at radius 3 is 2.58 bits per heavy atom. The first-order valence-corrected chi connectivity index (χ1v) is 12.6. The molecule has 0 bridgehead atoms. The maximum atomic E-state index is 13.1. The van der Waals surface area contributed by atoms with Crippen molar-refractivity contribution < 1.29 is 27.9 Å². The van der Waals surface area contributed by atoms with Gasteiger partial charge in [-0.3, -0.25) is 9.59 Å². The molecule has 0 spiro atoms. The van der Waals surface area contributed by atoms with Crippen molar-refractivity contribution in [1.29, 1.82) is 0 Å². The van der Waals surface area contributed by atoms with E-state index in [1.165, 1.54) is 13.2 Å². The number of nitrogens with one attached hydrogen (secondary N) is 1. The van der Waals surface area contributed by atoms with Crippen LogP contribution in [0.2, 0.25) is 5.02 Å². The van der Waals surface area contributed by atoms with Gasteiger partial charge in [0.05, 0.1) is 13.5 Å². The Bertz CT molecular complexity index is 1320. The summed E-state index contributed by atoms with van der Waals surface area (Å²) in [5.41, 5.74) is 0.479. The minimum Gasteiger partial charge on any atom is -0.480 e. The van der Waals surface area contributed by atoms with Gasteiger partial charge in [0.15, 0.2) is 0 Å². The Morgan fingerprint density at radius 1 is 1.18 bits per heavy atom. The molecule has 1 saturated carbocycles. The number of carbonyl (C=O) groups is 2. The van der Waals surface area contributed by atoms with Gasteiger partial charge in [-0.25, -0.2) is 8.42 Å². The van der Waals surface area contributed by atoms with Gasteiger partial charge in [-0.05, 0) is 47.4 Å². The lowest BCUT2D eigenvalue weighted by Gasteiger charge is -2.15. The minimum absolute atomic E-state index is 0.0261. The van der Waals surface area contributed by atoms with Crippen LogP contribution in [0.1, 0.15) is 23.5 Å². The number of thiophene rings is 1. The molecule has 0 amide bonds. The Kier molecular flexibility index (Phi) is 6.32. The summed E-state index contributed by atoms with van der Waals surface area (Å²) in [5.74, 6) is -2.22. The van der Waals surface area contributed by atoms with Crippen LogP contribution in [0.4, 0.5) is 0 Å². The average molecular weight is 506 g/mol. The molecule has 0 saturated heterocycles. The van der Waals surface area contributed by atoms with Gasteiger partial charge in [0.2, 0.25) is 0 Å². The Hall–Kier alpha value is -2.72. The Balaban J connectivity index is 1.57. The minimum atomic E-state index is -4.08. The third kappa shape index (κ3) is 4.81. The predicted octanol–water partition coefficient (Wildman–Crippen LogP) is 4.07. The first kappa shape index (κ1) is 23.4. The maximum absolute atomic E-state index is 13.1. The van der Waals surface area contributed by atoms with E-state index >= 15 is 0 Å². The van der Waals surface area contributed by atoms with Crippen LogP contribution in [-0.4, -0.2) is 38.1 Å². The molecule has 10 heteroatoms. The van der Waals surface area contributed by atoms with E-state index in [0.717, 1.165) is 21.8 Å². The number of carbonyl (C=O) groups excluding carboxylic acids is 1. The fraction of sp³-hybridized carbons (Fsp3) is 0.217. The van der Waals surface area contributed by atoms with Crippen molar-refractivity contribution in [3.05, 3.63) is 76.8 Å². The normalized spacial score (nSPS) is 19.8. The number of carboxylic acids is 1. The number of rotatable bonds is 8. The van der Waals surface area contributed by atoms with Gasteiger partial charge in [-0.1, -0.05) is 48.0 Å². The first-order valence-electron chi connectivity index (χ1n) is 9.93. The Labute approximate surface area is 200 Å². The van der Waals surface area contributed by atoms with E-state index < -0.39 is 33.4 Å². The number of hydrogen-bond donors (Lipinski definition) is 2. The van der Waals surface area contributed by atoms with E-state index in [1.54, 1.807) is 54.6 Å². The van der Waals surface area contributed by atoms with E-state index in [0.29, 0.717) is 16.1 Å². The molecule has 2 atom stereocenters. The molecule has 1 fully saturated rings. The Morgan fingerprint density at radius 2 is 1.91 bits per heavy atom. The molecule has 0 aliphatic heterocycles. The van der Waals surface area contributed by atoms with Crippen LogP contribution < -0.4 is 4.72 Å². The summed E-state index contributed by atoms with van der Waals surface area (Å²) in [6, 6.07) is 17.0. The smallest absolute Gasteiger partial charge is 0.325 e. The molecule has 1 aromatic heterocycles. The van der Waals surface area contributed by atoms with Crippen molar-refractivity contribution in [1.82, 2.24) is 4.72 Å². The number of ether oxygens (including phenoxy) is 1. The molecular weight excluding hydrogens is 486 g/mol. The SMILES string of the molecule is COC(=O)Cc1cccc(C2CC2(NS(=O)(=O)c2ccc(-c3ccc(Cl)cc3)s2)C(=O)O)c1. The quantitative estimate of drug-likeness (QED) is 0.446. The molecule has 1 aliphatic carbocycles. The molecule has 3 aromatic rings. The van der Waals surface area contributed by atoms with Crippen LogP contribution in [0.25, 0.3) is 10.4 Å². The lowest BCUT2D eigenvalue weighted by atomic mass is 10.0. The second-order valence-corrected chi connectivity index (χ2v) is 11.2. The van der Waals surface area contributed by atoms with E-state index in [9.17, 15) is 23.1 Å². The summed E-state index contributed by atoms with van der Waals surface area (Å²) in [6.07, 6.45) is 0.157. The summed E-state index contributed by atoms with van der Waals surface area (Å²) >= 11 is 6.96. The third-order valence-corrected chi connectivity index (χ3v) is 8.95. The van der Waals surface area contributed by atoms with Gasteiger partial charge in [-0.2, -0.15) is 4.72 Å². The van der Waals surface area contributed by atoms with E-state index in [4.69, 9.17) is 11.6 Å². The van der Waals surface area contributed by atoms with E-state index in [1.807, 2.05) is 0 Å². The molecule has 172 valence electrons. The maximum Gasteiger partial charge on any atom is 0.325 e. The lowest BCUT2D eigenvalue weighted by Crippen LogP contribution is -2.44. The summed E-state index contributed by atoms with van der Waals surface area (Å²) < 4.78 is 33.3. The molecule has 0 radical (unpaired) electrons. The molecule has 1 aliphatic rings. The zero-order chi connectivity index (χ0) is 23.8. The monoisotopic (exact) mass is 505 g/mol. The number of halogens is 1. The van der Waals surface area contributed by atoms with Crippen molar-refractivity contribution >= 4 is 44.9 Å². The highest BCUT2D eigenvalue weighted by molar-refractivity contribution is 7.91. The van der Waals surface area contributed by atoms with Gasteiger partial charge in [0.25, 0.3) is 10.0 Å². The van der Waals surface area contributed by atoms with E-state index in [2.05, 4.69) is 9.46 Å². The van der Waals surface area contributed by atoms with Crippen LogP contribution in [0.3, 0.4) is 0 Å². The van der Waals surface area contributed by atoms with Crippen molar-refractivity contribution in [3.8, 4) is 10.4 Å². The average Bonchev–Trinajstić information content (AvgIpc) is 3.27. The molecule has 4 rings (SSSR count). The highest BCUT2D eigenvalue weighted by Crippen LogP contribution is 2.52. The van der Waals surface area contributed by atoms with Crippen LogP contribution in [0.15, 0.2) is 64.9 Å². The van der Waals surface area contributed by atoms with E-state index in [-0.39, 0.29) is 17.1 Å². The summed E-state index contributed by atoms with van der Waals surface area (Å²) in [5, 5.41) is 10.5. The molecule has 7 nitrogen and oxygen atoms in total. The van der Waals surface area contributed by atoms with Crippen LogP contribution in [0.5, 0.6) is 0 Å². The molecule has 2 N–H and O–H groups in total. The fourth-order valence-corrected chi connectivity index (χ4v) is 6.58. The first-order chi connectivity index (χ1) is 15.6. The van der Waals surface area contributed by atoms with Crippen molar-refractivity contribution in [2.75, 3.05) is 7.11 Å². The topological polar surface area (TPSA) is 110 Å². The summed E-state index contributed by atoms with van der Waals surface area (Å²) in [6.45, 7) is 0. The number of aliphatic carboxylic acids is 1. The van der Waals surface area contributed by atoms with Gasteiger partial charge in [0.1, 0.15) is 9.75 Å². The van der Waals surface area contributed by atoms with Crippen molar-refractivity contribution in [2.24, 2.45) is 0 Å². The van der Waals surface area contributed by atoms with Crippen molar-refractivity contribution in [3.63, 3.8) is 0 Å². The zero-order valence-electron chi connectivity index (χ0n) is 17.4. The second-order valence-electron chi connectivity index (χ2n) is 7.76. The summed E-state index contributed by atoms with van der Waals surface area (Å²) in [7, 11) is -2.79.